The number of likely N-dealkylation sites (tertiary alicyclic amines) is 1. The molecule has 2 N–H and O–H groups in total. The second kappa shape index (κ2) is 6.02. The predicted octanol–water partition coefficient (Wildman–Crippen LogP) is 3.07. The molecular weight excluding hydrogens is 284 g/mol. The SMILES string of the molecule is CC(C)(C)OC(=O)N1CC(c2ccccc2)CC1C(N)=S. The zero-order chi connectivity index (χ0) is 15.6. The molecular formula is C16H22N2O2S. The Morgan fingerprint density at radius 1 is 1.33 bits per heavy atom. The van der Waals surface area contributed by atoms with Gasteiger partial charge >= 0.3 is 6.09 Å². The van der Waals surface area contributed by atoms with Crippen molar-refractivity contribution in [2.24, 2.45) is 5.73 Å². The van der Waals surface area contributed by atoms with Crippen LogP contribution in [0, 0.1) is 0 Å². The number of amides is 1. The highest BCUT2D eigenvalue weighted by molar-refractivity contribution is 7.80. The maximum absolute atomic E-state index is 12.3. The van der Waals surface area contributed by atoms with Crippen molar-refractivity contribution in [2.45, 2.75) is 44.8 Å². The molecule has 1 amide bonds. The average molecular weight is 306 g/mol. The van der Waals surface area contributed by atoms with E-state index in [1.54, 1.807) is 4.90 Å². The minimum absolute atomic E-state index is 0.236. The Labute approximate surface area is 131 Å². The van der Waals surface area contributed by atoms with Crippen molar-refractivity contribution in [3.05, 3.63) is 35.9 Å². The van der Waals surface area contributed by atoms with E-state index in [1.165, 1.54) is 5.56 Å². The van der Waals surface area contributed by atoms with Crippen LogP contribution in [0.3, 0.4) is 0 Å². The van der Waals surface area contributed by atoms with Gasteiger partial charge in [0.1, 0.15) is 5.60 Å². The summed E-state index contributed by atoms with van der Waals surface area (Å²) in [4.78, 5) is 14.3. The molecule has 0 bridgehead atoms. The Morgan fingerprint density at radius 3 is 2.48 bits per heavy atom. The molecule has 0 aliphatic carbocycles. The van der Waals surface area contributed by atoms with E-state index in [2.05, 4.69) is 12.1 Å². The Bertz CT molecular complexity index is 525. The molecule has 4 nitrogen and oxygen atoms in total. The van der Waals surface area contributed by atoms with Gasteiger partial charge in [-0.1, -0.05) is 42.5 Å². The summed E-state index contributed by atoms with van der Waals surface area (Å²) in [5.41, 5.74) is 6.49. The van der Waals surface area contributed by atoms with Gasteiger partial charge in [-0.15, -0.1) is 0 Å². The summed E-state index contributed by atoms with van der Waals surface area (Å²) in [7, 11) is 0. The predicted molar refractivity (Wildman–Crippen MR) is 87.3 cm³/mol. The maximum Gasteiger partial charge on any atom is 0.410 e. The van der Waals surface area contributed by atoms with Gasteiger partial charge in [-0.2, -0.15) is 0 Å². The fourth-order valence-electron chi connectivity index (χ4n) is 2.59. The molecule has 1 aromatic carbocycles. The molecule has 0 spiro atoms. The zero-order valence-corrected chi connectivity index (χ0v) is 13.5. The molecule has 2 atom stereocenters. The van der Waals surface area contributed by atoms with Crippen molar-refractivity contribution in [3.63, 3.8) is 0 Å². The average Bonchev–Trinajstić information content (AvgIpc) is 2.83. The van der Waals surface area contributed by atoms with E-state index in [0.717, 1.165) is 6.42 Å². The van der Waals surface area contributed by atoms with Gasteiger partial charge < -0.3 is 10.5 Å². The minimum Gasteiger partial charge on any atom is -0.444 e. The molecule has 1 saturated heterocycles. The van der Waals surface area contributed by atoms with Gasteiger partial charge in [0.25, 0.3) is 0 Å². The number of thiocarbonyl (C=S) groups is 1. The van der Waals surface area contributed by atoms with Crippen molar-refractivity contribution in [2.75, 3.05) is 6.54 Å². The van der Waals surface area contributed by atoms with Gasteiger partial charge in [0.05, 0.1) is 11.0 Å². The van der Waals surface area contributed by atoms with E-state index in [1.807, 2.05) is 39.0 Å². The van der Waals surface area contributed by atoms with E-state index in [9.17, 15) is 4.79 Å². The fraction of sp³-hybridized carbons (Fsp3) is 0.500. The van der Waals surface area contributed by atoms with Crippen molar-refractivity contribution in [1.29, 1.82) is 0 Å². The highest BCUT2D eigenvalue weighted by Crippen LogP contribution is 2.32. The first kappa shape index (κ1) is 15.8. The van der Waals surface area contributed by atoms with Gasteiger partial charge in [0.2, 0.25) is 0 Å². The van der Waals surface area contributed by atoms with Crippen LogP contribution in [-0.4, -0.2) is 34.2 Å². The summed E-state index contributed by atoms with van der Waals surface area (Å²) < 4.78 is 5.46. The normalized spacial score (nSPS) is 22.1. The van der Waals surface area contributed by atoms with Crippen LogP contribution >= 0.6 is 12.2 Å². The van der Waals surface area contributed by atoms with Crippen molar-refractivity contribution in [3.8, 4) is 0 Å². The first-order valence-corrected chi connectivity index (χ1v) is 7.52. The molecule has 1 fully saturated rings. The number of rotatable bonds is 2. The quantitative estimate of drug-likeness (QED) is 0.853. The third-order valence-corrected chi connectivity index (χ3v) is 3.80. The largest absolute Gasteiger partial charge is 0.444 e. The van der Waals surface area contributed by atoms with Crippen molar-refractivity contribution >= 4 is 23.3 Å². The Balaban J connectivity index is 2.16. The first-order valence-electron chi connectivity index (χ1n) is 7.12. The second-order valence-electron chi connectivity index (χ2n) is 6.39. The lowest BCUT2D eigenvalue weighted by molar-refractivity contribution is 0.0264. The molecule has 2 unspecified atom stereocenters. The van der Waals surface area contributed by atoms with Gasteiger partial charge in [0, 0.05) is 12.5 Å². The lowest BCUT2D eigenvalue weighted by Gasteiger charge is -2.28. The lowest BCUT2D eigenvalue weighted by atomic mass is 9.96. The first-order chi connectivity index (χ1) is 9.78. The third kappa shape index (κ3) is 3.94. The van der Waals surface area contributed by atoms with Gasteiger partial charge in [-0.05, 0) is 32.8 Å². The number of ether oxygens (including phenoxy) is 1. The molecule has 0 radical (unpaired) electrons. The van der Waals surface area contributed by atoms with Gasteiger partial charge in [0.15, 0.2) is 0 Å². The lowest BCUT2D eigenvalue weighted by Crippen LogP contribution is -2.45. The van der Waals surface area contributed by atoms with Crippen LogP contribution in [0.2, 0.25) is 0 Å². The monoisotopic (exact) mass is 306 g/mol. The van der Waals surface area contributed by atoms with Crippen LogP contribution in [0.25, 0.3) is 0 Å². The Hall–Kier alpha value is -1.62. The molecule has 1 aromatic rings. The van der Waals surface area contributed by atoms with E-state index >= 15 is 0 Å². The van der Waals surface area contributed by atoms with E-state index in [-0.39, 0.29) is 18.1 Å². The zero-order valence-electron chi connectivity index (χ0n) is 12.7. The Kier molecular flexibility index (Phi) is 4.52. The van der Waals surface area contributed by atoms with Crippen LogP contribution in [0.4, 0.5) is 4.79 Å². The maximum atomic E-state index is 12.3. The molecule has 0 saturated carbocycles. The van der Waals surface area contributed by atoms with Crippen LogP contribution in [0.1, 0.15) is 38.7 Å². The summed E-state index contributed by atoms with van der Waals surface area (Å²) >= 11 is 5.12. The van der Waals surface area contributed by atoms with Gasteiger partial charge in [-0.3, -0.25) is 4.90 Å². The number of hydrogen-bond acceptors (Lipinski definition) is 3. The van der Waals surface area contributed by atoms with Crippen molar-refractivity contribution < 1.29 is 9.53 Å². The molecule has 114 valence electrons. The minimum atomic E-state index is -0.525. The van der Waals surface area contributed by atoms with Crippen LogP contribution in [-0.2, 0) is 4.74 Å². The number of nitrogens with zero attached hydrogens (tertiary/aromatic N) is 1. The molecule has 1 aliphatic heterocycles. The molecule has 21 heavy (non-hydrogen) atoms. The summed E-state index contributed by atoms with van der Waals surface area (Å²) in [5, 5.41) is 0. The molecule has 1 aliphatic rings. The highest BCUT2D eigenvalue weighted by Gasteiger charge is 2.39. The highest BCUT2D eigenvalue weighted by atomic mass is 32.1. The van der Waals surface area contributed by atoms with Crippen LogP contribution in [0.15, 0.2) is 30.3 Å². The number of benzene rings is 1. The number of nitrogens with two attached hydrogens (primary N) is 1. The number of hydrogen-bond donors (Lipinski definition) is 1. The van der Waals surface area contributed by atoms with Crippen LogP contribution in [0.5, 0.6) is 0 Å². The molecule has 0 aromatic heterocycles. The van der Waals surface area contributed by atoms with E-state index < -0.39 is 5.60 Å². The fourth-order valence-corrected chi connectivity index (χ4v) is 2.82. The summed E-state index contributed by atoms with van der Waals surface area (Å²) in [6, 6.07) is 9.89. The van der Waals surface area contributed by atoms with E-state index in [0.29, 0.717) is 11.5 Å². The molecule has 2 rings (SSSR count). The standard InChI is InChI=1S/C16H22N2O2S/c1-16(2,3)20-15(19)18-10-12(9-13(18)14(17)21)11-7-5-4-6-8-11/h4-8,12-13H,9-10H2,1-3H3,(H2,17,21). The summed E-state index contributed by atoms with van der Waals surface area (Å²) in [6.07, 6.45) is 0.400. The smallest absolute Gasteiger partial charge is 0.410 e. The number of carbonyl (C=O) groups is 1. The number of carbonyl (C=O) groups excluding carboxylic acids is 1. The molecule has 5 heteroatoms. The topological polar surface area (TPSA) is 55.6 Å². The van der Waals surface area contributed by atoms with E-state index in [4.69, 9.17) is 22.7 Å². The summed E-state index contributed by atoms with van der Waals surface area (Å²) in [5.74, 6) is 0.241. The third-order valence-electron chi connectivity index (χ3n) is 3.53. The Morgan fingerprint density at radius 2 is 1.95 bits per heavy atom. The van der Waals surface area contributed by atoms with Gasteiger partial charge in [-0.25, -0.2) is 4.79 Å². The van der Waals surface area contributed by atoms with Crippen molar-refractivity contribution in [1.82, 2.24) is 4.90 Å². The summed E-state index contributed by atoms with van der Waals surface area (Å²) in [6.45, 7) is 6.14. The van der Waals surface area contributed by atoms with Crippen LogP contribution < -0.4 is 5.73 Å². The molecule has 1 heterocycles. The second-order valence-corrected chi connectivity index (χ2v) is 6.87.